The number of carbonyl (C=O) groups is 1. The molecule has 3 nitrogen and oxygen atoms in total. The van der Waals surface area contributed by atoms with Gasteiger partial charge in [0.1, 0.15) is 5.82 Å². The fourth-order valence-corrected chi connectivity index (χ4v) is 4.60. The molecule has 1 N–H and O–H groups in total. The number of hydrogen-bond donors (Lipinski definition) is 1. The molecule has 34 heavy (non-hydrogen) atoms. The van der Waals surface area contributed by atoms with E-state index in [0.717, 1.165) is 41.5 Å². The highest BCUT2D eigenvalue weighted by atomic mass is 19.1. The summed E-state index contributed by atoms with van der Waals surface area (Å²) in [5.74, 6) is -0.922. The Hall–Kier alpha value is -2.98. The van der Waals surface area contributed by atoms with Gasteiger partial charge < -0.3 is 9.84 Å². The molecular weight excluding hydrogens is 427 g/mol. The summed E-state index contributed by atoms with van der Waals surface area (Å²) in [5.41, 5.74) is 2.79. The van der Waals surface area contributed by atoms with Crippen molar-refractivity contribution in [2.75, 3.05) is 6.61 Å². The van der Waals surface area contributed by atoms with E-state index in [4.69, 9.17) is 4.74 Å². The van der Waals surface area contributed by atoms with Crippen molar-refractivity contribution in [3.63, 3.8) is 0 Å². The van der Waals surface area contributed by atoms with E-state index < -0.39 is 11.4 Å². The molecule has 0 saturated carbocycles. The van der Waals surface area contributed by atoms with Gasteiger partial charge in [-0.1, -0.05) is 93.4 Å². The second kappa shape index (κ2) is 12.5. The van der Waals surface area contributed by atoms with Crippen LogP contribution in [-0.2, 0) is 21.6 Å². The standard InChI is InChI=1S/C30H35FO3/c1-3-5-9-24(22-34-21-23-10-7-6-8-11-23)20-30(4-2,29(32)33)27-16-12-25(13-17-27)26-14-18-28(31)19-15-26/h6-8,10-19,24H,3-5,9,20-22H2,1-2H3,(H,32,33)/t24?,30-/m0/s1. The van der Waals surface area contributed by atoms with Crippen molar-refractivity contribution in [3.8, 4) is 11.1 Å². The van der Waals surface area contributed by atoms with Gasteiger partial charge in [0.2, 0.25) is 0 Å². The van der Waals surface area contributed by atoms with Crippen LogP contribution in [0.1, 0.15) is 57.1 Å². The van der Waals surface area contributed by atoms with Crippen molar-refractivity contribution in [2.24, 2.45) is 5.92 Å². The van der Waals surface area contributed by atoms with Gasteiger partial charge in [-0.3, -0.25) is 4.79 Å². The first-order chi connectivity index (χ1) is 16.5. The third-order valence-corrected chi connectivity index (χ3v) is 6.70. The van der Waals surface area contributed by atoms with Gasteiger partial charge in [0, 0.05) is 6.61 Å². The number of rotatable bonds is 13. The lowest BCUT2D eigenvalue weighted by Gasteiger charge is -2.33. The SMILES string of the molecule is CCCCC(COCc1ccccc1)C[C@](CC)(C(=O)O)c1ccc(-c2ccc(F)cc2)cc1. The highest BCUT2D eigenvalue weighted by molar-refractivity contribution is 5.81. The second-order valence-electron chi connectivity index (χ2n) is 9.04. The molecule has 0 aliphatic rings. The summed E-state index contributed by atoms with van der Waals surface area (Å²) < 4.78 is 19.3. The first-order valence-corrected chi connectivity index (χ1v) is 12.2. The van der Waals surface area contributed by atoms with E-state index in [0.29, 0.717) is 26.1 Å². The topological polar surface area (TPSA) is 46.5 Å². The normalized spacial score (nSPS) is 13.9. The van der Waals surface area contributed by atoms with Crippen molar-refractivity contribution >= 4 is 5.97 Å². The van der Waals surface area contributed by atoms with E-state index in [2.05, 4.69) is 6.92 Å². The summed E-state index contributed by atoms with van der Waals surface area (Å²) in [6.45, 7) is 5.17. The van der Waals surface area contributed by atoms with Gasteiger partial charge in [-0.2, -0.15) is 0 Å². The van der Waals surface area contributed by atoms with E-state index in [1.54, 1.807) is 12.1 Å². The summed E-state index contributed by atoms with van der Waals surface area (Å²) in [7, 11) is 0. The molecule has 3 aromatic rings. The fourth-order valence-electron chi connectivity index (χ4n) is 4.60. The summed E-state index contributed by atoms with van der Waals surface area (Å²) in [6, 6.07) is 24.1. The zero-order chi connectivity index (χ0) is 24.4. The van der Waals surface area contributed by atoms with Crippen molar-refractivity contribution in [1.29, 1.82) is 0 Å². The Kier molecular flexibility index (Phi) is 9.41. The third-order valence-electron chi connectivity index (χ3n) is 6.70. The minimum absolute atomic E-state index is 0.150. The van der Waals surface area contributed by atoms with E-state index >= 15 is 0 Å². The lowest BCUT2D eigenvalue weighted by molar-refractivity contribution is -0.145. The van der Waals surface area contributed by atoms with E-state index in [1.807, 2.05) is 61.5 Å². The number of hydrogen-bond acceptors (Lipinski definition) is 2. The molecule has 3 rings (SSSR count). The van der Waals surface area contributed by atoms with Crippen LogP contribution in [0.4, 0.5) is 4.39 Å². The predicted molar refractivity (Wildman–Crippen MR) is 135 cm³/mol. The zero-order valence-electron chi connectivity index (χ0n) is 20.2. The Morgan fingerprint density at radius 3 is 2.12 bits per heavy atom. The van der Waals surface area contributed by atoms with E-state index in [9.17, 15) is 14.3 Å². The molecule has 180 valence electrons. The van der Waals surface area contributed by atoms with Crippen LogP contribution in [0.3, 0.4) is 0 Å². The van der Waals surface area contributed by atoms with Crippen molar-refractivity contribution in [3.05, 3.63) is 95.8 Å². The molecule has 0 aliphatic carbocycles. The lowest BCUT2D eigenvalue weighted by atomic mass is 9.71. The van der Waals surface area contributed by atoms with Crippen molar-refractivity contribution in [1.82, 2.24) is 0 Å². The largest absolute Gasteiger partial charge is 0.481 e. The van der Waals surface area contributed by atoms with Gasteiger partial charge in [0.05, 0.1) is 12.0 Å². The van der Waals surface area contributed by atoms with Crippen LogP contribution in [0.5, 0.6) is 0 Å². The van der Waals surface area contributed by atoms with Gasteiger partial charge in [-0.15, -0.1) is 0 Å². The summed E-state index contributed by atoms with van der Waals surface area (Å²) >= 11 is 0. The average molecular weight is 463 g/mol. The minimum Gasteiger partial charge on any atom is -0.481 e. The smallest absolute Gasteiger partial charge is 0.314 e. The third kappa shape index (κ3) is 6.54. The Balaban J connectivity index is 1.79. The molecule has 0 spiro atoms. The molecule has 0 radical (unpaired) electrons. The van der Waals surface area contributed by atoms with Gasteiger partial charge in [0.25, 0.3) is 0 Å². The van der Waals surface area contributed by atoms with Crippen LogP contribution in [0.2, 0.25) is 0 Å². The molecule has 1 unspecified atom stereocenters. The molecule has 0 saturated heterocycles. The number of ether oxygens (including phenoxy) is 1. The fraction of sp³-hybridized carbons (Fsp3) is 0.367. The number of aliphatic carboxylic acids is 1. The first kappa shape index (κ1) is 25.6. The van der Waals surface area contributed by atoms with Crippen molar-refractivity contribution < 1.29 is 19.0 Å². The maximum Gasteiger partial charge on any atom is 0.314 e. The van der Waals surface area contributed by atoms with Gasteiger partial charge in [-0.05, 0) is 59.6 Å². The van der Waals surface area contributed by atoms with Crippen LogP contribution in [0, 0.1) is 11.7 Å². The number of carboxylic acids is 1. The predicted octanol–water partition coefficient (Wildman–Crippen LogP) is 7.64. The number of halogens is 1. The van der Waals surface area contributed by atoms with Crippen molar-refractivity contribution in [2.45, 2.75) is 58.0 Å². The number of benzene rings is 3. The molecule has 0 fully saturated rings. The van der Waals surface area contributed by atoms with Crippen LogP contribution < -0.4 is 0 Å². The first-order valence-electron chi connectivity index (χ1n) is 12.2. The van der Waals surface area contributed by atoms with Crippen LogP contribution in [-0.4, -0.2) is 17.7 Å². The Bertz CT molecular complexity index is 1020. The Morgan fingerprint density at radius 2 is 1.56 bits per heavy atom. The molecule has 0 aliphatic heterocycles. The lowest BCUT2D eigenvalue weighted by Crippen LogP contribution is -2.38. The van der Waals surface area contributed by atoms with Crippen LogP contribution >= 0.6 is 0 Å². The minimum atomic E-state index is -0.976. The Morgan fingerprint density at radius 1 is 0.941 bits per heavy atom. The van der Waals surface area contributed by atoms with Gasteiger partial charge in [-0.25, -0.2) is 4.39 Å². The monoisotopic (exact) mass is 462 g/mol. The maximum atomic E-state index is 13.3. The van der Waals surface area contributed by atoms with Gasteiger partial charge >= 0.3 is 5.97 Å². The van der Waals surface area contributed by atoms with Gasteiger partial charge in [0.15, 0.2) is 0 Å². The number of carboxylic acid groups (broad SMARTS) is 1. The molecule has 0 aromatic heterocycles. The molecular formula is C30H35FO3. The quantitative estimate of drug-likeness (QED) is 0.284. The second-order valence-corrected chi connectivity index (χ2v) is 9.04. The molecule has 0 amide bonds. The van der Waals surface area contributed by atoms with Crippen LogP contribution in [0.25, 0.3) is 11.1 Å². The average Bonchev–Trinajstić information content (AvgIpc) is 2.86. The number of unbranched alkanes of at least 4 members (excludes halogenated alkanes) is 1. The van der Waals surface area contributed by atoms with E-state index in [-0.39, 0.29) is 11.7 Å². The van der Waals surface area contributed by atoms with E-state index in [1.165, 1.54) is 12.1 Å². The summed E-state index contributed by atoms with van der Waals surface area (Å²) in [4.78, 5) is 12.7. The Labute approximate surface area is 202 Å². The molecule has 0 heterocycles. The molecule has 4 heteroatoms. The molecule has 0 bridgehead atoms. The maximum absolute atomic E-state index is 13.3. The molecule has 3 aromatic carbocycles. The summed E-state index contributed by atoms with van der Waals surface area (Å²) in [5, 5.41) is 10.4. The van der Waals surface area contributed by atoms with Crippen LogP contribution in [0.15, 0.2) is 78.9 Å². The summed E-state index contributed by atoms with van der Waals surface area (Å²) in [6.07, 6.45) is 4.08. The zero-order valence-corrected chi connectivity index (χ0v) is 20.2. The highest BCUT2D eigenvalue weighted by Crippen LogP contribution is 2.38. The molecule has 2 atom stereocenters. The highest BCUT2D eigenvalue weighted by Gasteiger charge is 2.40.